The second-order valence-electron chi connectivity index (χ2n) is 5.73. The van der Waals surface area contributed by atoms with Gasteiger partial charge >= 0.3 is 0 Å². The van der Waals surface area contributed by atoms with Crippen molar-refractivity contribution in [2.45, 2.75) is 18.7 Å². The average Bonchev–Trinajstić information content (AvgIpc) is 2.62. The Kier molecular flexibility index (Phi) is 6.51. The second kappa shape index (κ2) is 8.63. The lowest BCUT2D eigenvalue weighted by molar-refractivity contribution is -0.120. The molecule has 0 aliphatic heterocycles. The van der Waals surface area contributed by atoms with E-state index in [-0.39, 0.29) is 28.6 Å². The molecule has 0 saturated heterocycles. The number of benzene rings is 2. The van der Waals surface area contributed by atoms with Crippen LogP contribution >= 0.6 is 0 Å². The van der Waals surface area contributed by atoms with Crippen molar-refractivity contribution in [3.8, 4) is 0 Å². The molecular weight excluding hydrogens is 373 g/mol. The molecular formula is C18H20FN3O4S. The van der Waals surface area contributed by atoms with Gasteiger partial charge in [-0.15, -0.1) is 0 Å². The molecule has 0 aliphatic carbocycles. The fourth-order valence-corrected chi connectivity index (χ4v) is 3.26. The summed E-state index contributed by atoms with van der Waals surface area (Å²) in [6.45, 7) is 3.55. The largest absolute Gasteiger partial charge is 0.355 e. The van der Waals surface area contributed by atoms with Gasteiger partial charge in [-0.1, -0.05) is 12.1 Å². The standard InChI is InChI=1S/C18H20FN3O4S/c1-3-20-17(23)11-21-18(24)13-5-4-6-14(9-13)22-27(25,26)15-8-7-12(2)16(19)10-15/h4-10,22H,3,11H2,1-2H3,(H,20,23)(H,21,24). The highest BCUT2D eigenvalue weighted by Crippen LogP contribution is 2.19. The number of carbonyl (C=O) groups is 2. The van der Waals surface area contributed by atoms with Crippen LogP contribution in [0, 0.1) is 12.7 Å². The first-order chi connectivity index (χ1) is 12.7. The summed E-state index contributed by atoms with van der Waals surface area (Å²) in [5.74, 6) is -1.48. The molecule has 0 unspecified atom stereocenters. The van der Waals surface area contributed by atoms with E-state index in [1.165, 1.54) is 43.3 Å². The molecule has 0 radical (unpaired) electrons. The molecule has 0 aliphatic rings. The highest BCUT2D eigenvalue weighted by Gasteiger charge is 2.17. The number of carbonyl (C=O) groups excluding carboxylic acids is 2. The van der Waals surface area contributed by atoms with Crippen LogP contribution in [-0.4, -0.2) is 33.3 Å². The summed E-state index contributed by atoms with van der Waals surface area (Å²) in [6.07, 6.45) is 0. The van der Waals surface area contributed by atoms with Crippen molar-refractivity contribution in [1.29, 1.82) is 0 Å². The summed E-state index contributed by atoms with van der Waals surface area (Å²) >= 11 is 0. The van der Waals surface area contributed by atoms with E-state index in [0.29, 0.717) is 12.1 Å². The fraction of sp³-hybridized carbons (Fsp3) is 0.222. The van der Waals surface area contributed by atoms with Gasteiger partial charge in [-0.2, -0.15) is 0 Å². The summed E-state index contributed by atoms with van der Waals surface area (Å²) in [5, 5.41) is 4.99. The van der Waals surface area contributed by atoms with Gasteiger partial charge in [0.2, 0.25) is 5.91 Å². The van der Waals surface area contributed by atoms with Crippen LogP contribution in [0.1, 0.15) is 22.8 Å². The molecule has 0 atom stereocenters. The minimum atomic E-state index is -4.01. The average molecular weight is 393 g/mol. The van der Waals surface area contributed by atoms with Crippen molar-refractivity contribution < 1.29 is 22.4 Å². The first-order valence-electron chi connectivity index (χ1n) is 8.17. The summed E-state index contributed by atoms with van der Waals surface area (Å²) in [6, 6.07) is 9.36. The monoisotopic (exact) mass is 393 g/mol. The molecule has 0 spiro atoms. The quantitative estimate of drug-likeness (QED) is 0.667. The number of rotatable bonds is 7. The predicted molar refractivity (Wildman–Crippen MR) is 99.4 cm³/mol. The predicted octanol–water partition coefficient (Wildman–Crippen LogP) is 1.80. The third kappa shape index (κ3) is 5.52. The van der Waals surface area contributed by atoms with E-state index in [2.05, 4.69) is 15.4 Å². The van der Waals surface area contributed by atoms with Crippen LogP contribution < -0.4 is 15.4 Å². The van der Waals surface area contributed by atoms with Gasteiger partial charge in [-0.05, 0) is 49.7 Å². The molecule has 2 rings (SSSR count). The van der Waals surface area contributed by atoms with Crippen molar-refractivity contribution in [1.82, 2.24) is 10.6 Å². The van der Waals surface area contributed by atoms with E-state index in [4.69, 9.17) is 0 Å². The first kappa shape index (κ1) is 20.4. The van der Waals surface area contributed by atoms with Gasteiger partial charge in [-0.25, -0.2) is 12.8 Å². The minimum absolute atomic E-state index is 0.140. The lowest BCUT2D eigenvalue weighted by Crippen LogP contribution is -2.36. The van der Waals surface area contributed by atoms with Crippen LogP contribution in [0.25, 0.3) is 0 Å². The number of aryl methyl sites for hydroxylation is 1. The van der Waals surface area contributed by atoms with Crippen LogP contribution in [0.5, 0.6) is 0 Å². The van der Waals surface area contributed by atoms with E-state index >= 15 is 0 Å². The molecule has 9 heteroatoms. The topological polar surface area (TPSA) is 104 Å². The Morgan fingerprint density at radius 1 is 1.07 bits per heavy atom. The first-order valence-corrected chi connectivity index (χ1v) is 9.65. The van der Waals surface area contributed by atoms with Gasteiger partial charge in [0, 0.05) is 17.8 Å². The van der Waals surface area contributed by atoms with Gasteiger partial charge in [0.05, 0.1) is 11.4 Å². The lowest BCUT2D eigenvalue weighted by Gasteiger charge is -2.10. The summed E-state index contributed by atoms with van der Waals surface area (Å²) < 4.78 is 40.8. The molecule has 2 aromatic rings. The van der Waals surface area contributed by atoms with E-state index in [1.54, 1.807) is 6.92 Å². The van der Waals surface area contributed by atoms with Crippen LogP contribution in [-0.2, 0) is 14.8 Å². The molecule has 144 valence electrons. The highest BCUT2D eigenvalue weighted by atomic mass is 32.2. The van der Waals surface area contributed by atoms with E-state index < -0.39 is 21.7 Å². The Morgan fingerprint density at radius 2 is 1.81 bits per heavy atom. The maximum absolute atomic E-state index is 13.6. The van der Waals surface area contributed by atoms with Gasteiger partial charge < -0.3 is 10.6 Å². The molecule has 27 heavy (non-hydrogen) atoms. The number of sulfonamides is 1. The van der Waals surface area contributed by atoms with E-state index in [9.17, 15) is 22.4 Å². The minimum Gasteiger partial charge on any atom is -0.355 e. The third-order valence-corrected chi connectivity index (χ3v) is 4.99. The molecule has 0 heterocycles. The Hall–Kier alpha value is -2.94. The molecule has 7 nitrogen and oxygen atoms in total. The van der Waals surface area contributed by atoms with Crippen LogP contribution in [0.4, 0.5) is 10.1 Å². The molecule has 2 aromatic carbocycles. The van der Waals surface area contributed by atoms with E-state index in [0.717, 1.165) is 6.07 Å². The Balaban J connectivity index is 2.13. The molecule has 3 N–H and O–H groups in total. The van der Waals surface area contributed by atoms with Gasteiger partial charge in [0.1, 0.15) is 5.82 Å². The number of amides is 2. The Morgan fingerprint density at radius 3 is 2.48 bits per heavy atom. The van der Waals surface area contributed by atoms with Gasteiger partial charge in [-0.3, -0.25) is 14.3 Å². The van der Waals surface area contributed by atoms with Crippen LogP contribution in [0.3, 0.4) is 0 Å². The second-order valence-corrected chi connectivity index (χ2v) is 7.42. The van der Waals surface area contributed by atoms with Crippen molar-refractivity contribution in [3.63, 3.8) is 0 Å². The fourth-order valence-electron chi connectivity index (χ4n) is 2.20. The molecule has 0 saturated carbocycles. The number of hydrogen-bond donors (Lipinski definition) is 3. The van der Waals surface area contributed by atoms with Crippen molar-refractivity contribution in [3.05, 3.63) is 59.4 Å². The zero-order valence-corrected chi connectivity index (χ0v) is 15.7. The third-order valence-electron chi connectivity index (χ3n) is 3.61. The Bertz CT molecular complexity index is 961. The number of hydrogen-bond acceptors (Lipinski definition) is 4. The zero-order chi connectivity index (χ0) is 20.0. The zero-order valence-electron chi connectivity index (χ0n) is 14.9. The number of anilines is 1. The van der Waals surface area contributed by atoms with Crippen molar-refractivity contribution >= 4 is 27.5 Å². The normalized spacial score (nSPS) is 10.9. The van der Waals surface area contributed by atoms with Crippen LogP contribution in [0.15, 0.2) is 47.4 Å². The number of nitrogens with one attached hydrogen (secondary N) is 3. The highest BCUT2D eigenvalue weighted by molar-refractivity contribution is 7.92. The maximum Gasteiger partial charge on any atom is 0.261 e. The smallest absolute Gasteiger partial charge is 0.261 e. The lowest BCUT2D eigenvalue weighted by atomic mass is 10.2. The van der Waals surface area contributed by atoms with Crippen molar-refractivity contribution in [2.24, 2.45) is 0 Å². The summed E-state index contributed by atoms with van der Waals surface area (Å²) in [5.41, 5.74) is 0.649. The van der Waals surface area contributed by atoms with Gasteiger partial charge in [0.25, 0.3) is 15.9 Å². The SMILES string of the molecule is CCNC(=O)CNC(=O)c1cccc(NS(=O)(=O)c2ccc(C)c(F)c2)c1. The maximum atomic E-state index is 13.6. The molecule has 0 bridgehead atoms. The van der Waals surface area contributed by atoms with E-state index in [1.807, 2.05) is 0 Å². The molecule has 0 fully saturated rings. The number of halogens is 1. The van der Waals surface area contributed by atoms with Crippen molar-refractivity contribution in [2.75, 3.05) is 17.8 Å². The van der Waals surface area contributed by atoms with Gasteiger partial charge in [0.15, 0.2) is 0 Å². The number of likely N-dealkylation sites (N-methyl/N-ethyl adjacent to an activating group) is 1. The summed E-state index contributed by atoms with van der Waals surface area (Å²) in [7, 11) is -4.01. The molecule has 0 aromatic heterocycles. The Labute approximate surface area is 157 Å². The molecule has 2 amide bonds. The van der Waals surface area contributed by atoms with Crippen LogP contribution in [0.2, 0.25) is 0 Å². The summed E-state index contributed by atoms with van der Waals surface area (Å²) in [4.78, 5) is 23.3.